The van der Waals surface area contributed by atoms with Gasteiger partial charge < -0.3 is 47.5 Å². The van der Waals surface area contributed by atoms with Gasteiger partial charge in [0.25, 0.3) is 5.91 Å². The van der Waals surface area contributed by atoms with E-state index in [4.69, 9.17) is 16.2 Å². The molecule has 2 aliphatic heterocycles. The molecule has 1 unspecified atom stereocenters. The molecule has 0 aliphatic carbocycles. The maximum absolute atomic E-state index is 12.3. The van der Waals surface area contributed by atoms with Crippen molar-refractivity contribution in [1.29, 1.82) is 0 Å². The van der Waals surface area contributed by atoms with Crippen molar-refractivity contribution in [3.05, 3.63) is 41.7 Å². The predicted molar refractivity (Wildman–Crippen MR) is 152 cm³/mol. The Morgan fingerprint density at radius 2 is 1.75 bits per heavy atom. The number of aliphatic carboxylic acids is 1. The van der Waals surface area contributed by atoms with Crippen molar-refractivity contribution in [3.8, 4) is 0 Å². The Balaban J connectivity index is 1.47. The number of nitrogens with one attached hydrogen (secondary N) is 3. The van der Waals surface area contributed by atoms with E-state index >= 15 is 0 Å². The molecule has 5 amide bonds. The summed E-state index contributed by atoms with van der Waals surface area (Å²) < 4.78 is 5.34. The van der Waals surface area contributed by atoms with Crippen LogP contribution in [0.2, 0.25) is 0 Å². The number of likely N-dealkylation sites (tertiary alicyclic amines) is 1. The molecule has 0 radical (unpaired) electrons. The summed E-state index contributed by atoms with van der Waals surface area (Å²) in [6, 6.07) is 3.72. The zero-order valence-electron chi connectivity index (χ0n) is 23.8. The monoisotopic (exact) mass is 617 g/mol. The van der Waals surface area contributed by atoms with Crippen molar-refractivity contribution in [1.82, 2.24) is 15.5 Å². The van der Waals surface area contributed by atoms with Gasteiger partial charge in [-0.15, -0.1) is 0 Å². The van der Waals surface area contributed by atoms with Gasteiger partial charge in [-0.3, -0.25) is 28.9 Å². The summed E-state index contributed by atoms with van der Waals surface area (Å²) in [5, 5.41) is 38.3. The fourth-order valence-electron chi connectivity index (χ4n) is 4.47. The van der Waals surface area contributed by atoms with E-state index in [0.29, 0.717) is 24.2 Å². The van der Waals surface area contributed by atoms with Gasteiger partial charge in [0.2, 0.25) is 29.4 Å². The quantitative estimate of drug-likeness (QED) is 0.0494. The van der Waals surface area contributed by atoms with Crippen LogP contribution in [0.5, 0.6) is 0 Å². The molecule has 2 heterocycles. The Hall–Kier alpha value is -5.03. The lowest BCUT2D eigenvalue weighted by molar-refractivity contribution is -0.144. The summed E-state index contributed by atoms with van der Waals surface area (Å²) in [7, 11) is 0. The molecule has 1 aromatic carbocycles. The third-order valence-corrected chi connectivity index (χ3v) is 6.74. The average Bonchev–Trinajstić information content (AvgIpc) is 2.95. The number of carbonyl (C=O) groups excluding carboxylic acids is 5. The van der Waals surface area contributed by atoms with E-state index in [9.17, 15) is 44.1 Å². The summed E-state index contributed by atoms with van der Waals surface area (Å²) in [6.07, 6.45) is -3.56. The van der Waals surface area contributed by atoms with Gasteiger partial charge in [0.15, 0.2) is 5.96 Å². The molecule has 1 aromatic rings. The number of ether oxygens (including phenoxy) is 1. The average molecular weight is 618 g/mol. The van der Waals surface area contributed by atoms with E-state index < -0.39 is 72.3 Å². The van der Waals surface area contributed by atoms with Gasteiger partial charge in [-0.25, -0.2) is 9.79 Å². The lowest BCUT2D eigenvalue weighted by atomic mass is 9.92. The number of aliphatic hydroxyl groups is 2. The van der Waals surface area contributed by atoms with E-state index in [2.05, 4.69) is 20.9 Å². The highest BCUT2D eigenvalue weighted by molar-refractivity contribution is 6.07. The SMILES string of the molecule is CC(=O)N[C@H]1C([C@H](O)[C@H](O)CNC(=O)CCCC(=O)Nc2ccc(C(=O)N3CCC3=O)cc2)OC(C(=O)O)=C[C@@H]1N=C(N)N. The van der Waals surface area contributed by atoms with E-state index in [0.717, 1.165) is 11.0 Å². The number of β-lactam (4-membered cyclic amide) rings is 1. The van der Waals surface area contributed by atoms with Crippen molar-refractivity contribution in [2.75, 3.05) is 18.4 Å². The van der Waals surface area contributed by atoms with Gasteiger partial charge >= 0.3 is 5.97 Å². The number of benzene rings is 1. The molecule has 17 nitrogen and oxygen atoms in total. The molecule has 0 bridgehead atoms. The van der Waals surface area contributed by atoms with Crippen molar-refractivity contribution >= 4 is 47.2 Å². The van der Waals surface area contributed by atoms with Crippen LogP contribution in [0.3, 0.4) is 0 Å². The summed E-state index contributed by atoms with van der Waals surface area (Å²) in [4.78, 5) is 76.6. The number of anilines is 1. The Kier molecular flexibility index (Phi) is 11.4. The number of carboxylic acids is 1. The highest BCUT2D eigenvalue weighted by Gasteiger charge is 2.44. The van der Waals surface area contributed by atoms with Crippen LogP contribution < -0.4 is 27.4 Å². The highest BCUT2D eigenvalue weighted by atomic mass is 16.5. The molecule has 2 aliphatic rings. The standard InChI is InChI=1S/C27H35N7O10/c1-13(35)31-22-16(33-27(28)29)11-18(26(42)43)44-24(22)23(40)17(36)12-30-19(37)3-2-4-20(38)32-15-7-5-14(6-8-15)25(41)34-10-9-21(34)39/h5-8,11,16-17,22-24,36,40H,2-4,9-10,12H2,1H3,(H,30,37)(H,31,35)(H,32,38)(H,42,43)(H4,28,29,33)/t16-,17+,22+,23+,24?/m0/s1. The minimum atomic E-state index is -1.80. The fraction of sp³-hybridized carbons (Fsp3) is 0.444. The van der Waals surface area contributed by atoms with Crippen LogP contribution in [0.25, 0.3) is 0 Å². The molecule has 44 heavy (non-hydrogen) atoms. The molecule has 1 fully saturated rings. The highest BCUT2D eigenvalue weighted by Crippen LogP contribution is 2.25. The number of aliphatic hydroxyl groups excluding tert-OH is 2. The minimum Gasteiger partial charge on any atom is -0.478 e. The maximum atomic E-state index is 12.3. The maximum Gasteiger partial charge on any atom is 0.370 e. The Morgan fingerprint density at radius 3 is 2.30 bits per heavy atom. The first-order chi connectivity index (χ1) is 20.8. The Labute approximate surface area is 251 Å². The lowest BCUT2D eigenvalue weighted by Gasteiger charge is -2.38. The molecular weight excluding hydrogens is 582 g/mol. The van der Waals surface area contributed by atoms with Gasteiger partial charge in [0.05, 0.1) is 12.1 Å². The summed E-state index contributed by atoms with van der Waals surface area (Å²) in [5.74, 6) is -4.68. The number of guanidine groups is 1. The topological polar surface area (TPSA) is 276 Å². The number of nitrogens with two attached hydrogens (primary N) is 2. The van der Waals surface area contributed by atoms with Crippen molar-refractivity contribution < 1.29 is 48.8 Å². The third kappa shape index (κ3) is 8.98. The Bertz CT molecular complexity index is 1340. The van der Waals surface area contributed by atoms with Gasteiger partial charge in [-0.1, -0.05) is 0 Å². The molecule has 238 valence electrons. The fourth-order valence-corrected chi connectivity index (χ4v) is 4.47. The van der Waals surface area contributed by atoms with Crippen LogP contribution in [0.15, 0.2) is 41.1 Å². The van der Waals surface area contributed by atoms with Crippen molar-refractivity contribution in [2.45, 2.75) is 63.0 Å². The van der Waals surface area contributed by atoms with Crippen LogP contribution in [0, 0.1) is 0 Å². The molecule has 5 atom stereocenters. The van der Waals surface area contributed by atoms with Crippen molar-refractivity contribution in [2.24, 2.45) is 16.5 Å². The Morgan fingerprint density at radius 1 is 1.09 bits per heavy atom. The third-order valence-electron chi connectivity index (χ3n) is 6.74. The number of carbonyl (C=O) groups is 6. The first-order valence-electron chi connectivity index (χ1n) is 13.6. The zero-order valence-corrected chi connectivity index (χ0v) is 23.8. The van der Waals surface area contributed by atoms with E-state index in [1.54, 1.807) is 0 Å². The van der Waals surface area contributed by atoms with Crippen LogP contribution >= 0.6 is 0 Å². The summed E-state index contributed by atoms with van der Waals surface area (Å²) >= 11 is 0. The second-order valence-electron chi connectivity index (χ2n) is 10.1. The molecule has 10 N–H and O–H groups in total. The molecule has 0 spiro atoms. The van der Waals surface area contributed by atoms with E-state index in [1.807, 2.05) is 0 Å². The van der Waals surface area contributed by atoms with Gasteiger partial charge in [-0.2, -0.15) is 0 Å². The first-order valence-corrected chi connectivity index (χ1v) is 13.6. The molecule has 0 aromatic heterocycles. The largest absolute Gasteiger partial charge is 0.478 e. The number of hydrogen-bond donors (Lipinski definition) is 8. The molecule has 0 saturated carbocycles. The van der Waals surface area contributed by atoms with E-state index in [1.165, 1.54) is 31.2 Å². The number of imide groups is 1. The number of hydrogen-bond acceptors (Lipinski definition) is 10. The first kappa shape index (κ1) is 33.5. The second-order valence-corrected chi connectivity index (χ2v) is 10.1. The van der Waals surface area contributed by atoms with E-state index in [-0.39, 0.29) is 31.1 Å². The molecule has 1 saturated heterocycles. The van der Waals surface area contributed by atoms with Crippen molar-refractivity contribution in [3.63, 3.8) is 0 Å². The number of carboxylic acid groups (broad SMARTS) is 1. The van der Waals surface area contributed by atoms with Crippen LogP contribution in [-0.4, -0.2) is 105 Å². The van der Waals surface area contributed by atoms with Gasteiger partial charge in [0.1, 0.15) is 18.3 Å². The number of aliphatic imine (C=N–C) groups is 1. The normalized spacial score (nSPS) is 20.5. The molecular formula is C27H35N7O10. The molecule has 17 heteroatoms. The summed E-state index contributed by atoms with van der Waals surface area (Å²) in [6.45, 7) is 1.08. The minimum absolute atomic E-state index is 0.0215. The van der Waals surface area contributed by atoms with Gasteiger partial charge in [0, 0.05) is 50.5 Å². The van der Waals surface area contributed by atoms with Crippen LogP contribution in [0.4, 0.5) is 5.69 Å². The van der Waals surface area contributed by atoms with Crippen LogP contribution in [0.1, 0.15) is 43.0 Å². The van der Waals surface area contributed by atoms with Gasteiger partial charge in [-0.05, 0) is 36.8 Å². The predicted octanol–water partition coefficient (Wildman–Crippen LogP) is -2.48. The van der Waals surface area contributed by atoms with Crippen LogP contribution in [-0.2, 0) is 28.7 Å². The zero-order chi connectivity index (χ0) is 32.6. The number of amides is 5. The second kappa shape index (κ2) is 14.9. The smallest absolute Gasteiger partial charge is 0.370 e. The number of nitrogens with zero attached hydrogens (tertiary/aromatic N) is 2. The summed E-state index contributed by atoms with van der Waals surface area (Å²) in [5.41, 5.74) is 11.6. The molecule has 3 rings (SSSR count). The lowest BCUT2D eigenvalue weighted by Crippen LogP contribution is -2.60. The number of rotatable bonds is 13.